The van der Waals surface area contributed by atoms with Gasteiger partial charge in [-0.1, -0.05) is 42.5 Å². The molecule has 2 aromatic rings. The third-order valence-corrected chi connectivity index (χ3v) is 4.33. The van der Waals surface area contributed by atoms with E-state index in [2.05, 4.69) is 28.4 Å². The molecule has 1 unspecified atom stereocenters. The highest BCUT2D eigenvalue weighted by Crippen LogP contribution is 2.21. The Morgan fingerprint density at radius 1 is 1.12 bits per heavy atom. The lowest BCUT2D eigenvalue weighted by atomic mass is 10.1. The van der Waals surface area contributed by atoms with E-state index in [1.165, 1.54) is 5.69 Å². The Balaban J connectivity index is 1.61. The molecule has 2 aromatic carbocycles. The van der Waals surface area contributed by atoms with Gasteiger partial charge in [0.15, 0.2) is 0 Å². The van der Waals surface area contributed by atoms with Gasteiger partial charge in [0, 0.05) is 24.9 Å². The maximum atomic E-state index is 12.2. The first-order chi connectivity index (χ1) is 12.2. The van der Waals surface area contributed by atoms with Crippen LogP contribution in [-0.4, -0.2) is 32.2 Å². The van der Waals surface area contributed by atoms with Crippen molar-refractivity contribution < 1.29 is 9.53 Å². The van der Waals surface area contributed by atoms with Crippen LogP contribution in [0.3, 0.4) is 0 Å². The maximum Gasteiger partial charge on any atom is 0.244 e. The second-order valence-corrected chi connectivity index (χ2v) is 6.17. The average Bonchev–Trinajstić information content (AvgIpc) is 2.68. The molecule has 4 nitrogen and oxygen atoms in total. The van der Waals surface area contributed by atoms with Gasteiger partial charge in [-0.05, 0) is 36.3 Å². The van der Waals surface area contributed by atoms with Crippen molar-refractivity contribution in [2.24, 2.45) is 0 Å². The van der Waals surface area contributed by atoms with Crippen LogP contribution in [-0.2, 0) is 9.53 Å². The second kappa shape index (κ2) is 8.49. The molecule has 1 fully saturated rings. The number of carbonyl (C=O) groups excluding carboxylic acids is 1. The first-order valence-corrected chi connectivity index (χ1v) is 8.68. The molecule has 1 saturated heterocycles. The highest BCUT2D eigenvalue weighted by Gasteiger charge is 2.13. The molecule has 1 heterocycles. The van der Waals surface area contributed by atoms with E-state index < -0.39 is 0 Å². The van der Waals surface area contributed by atoms with Crippen LogP contribution in [0.5, 0.6) is 0 Å². The van der Waals surface area contributed by atoms with Gasteiger partial charge >= 0.3 is 0 Å². The molecule has 1 N–H and O–H groups in total. The van der Waals surface area contributed by atoms with Gasteiger partial charge in [-0.25, -0.2) is 0 Å². The number of benzene rings is 2. The predicted octanol–water partition coefficient (Wildman–Crippen LogP) is 3.41. The van der Waals surface area contributed by atoms with E-state index in [4.69, 9.17) is 4.74 Å². The fourth-order valence-corrected chi connectivity index (χ4v) is 2.89. The van der Waals surface area contributed by atoms with Crippen molar-refractivity contribution in [3.63, 3.8) is 0 Å². The van der Waals surface area contributed by atoms with Crippen LogP contribution in [0.4, 0.5) is 5.69 Å². The van der Waals surface area contributed by atoms with Crippen LogP contribution >= 0.6 is 0 Å². The van der Waals surface area contributed by atoms with Crippen LogP contribution in [0.15, 0.2) is 60.7 Å². The Kier molecular flexibility index (Phi) is 5.86. The van der Waals surface area contributed by atoms with Gasteiger partial charge in [0.25, 0.3) is 0 Å². The van der Waals surface area contributed by atoms with Gasteiger partial charge < -0.3 is 15.0 Å². The summed E-state index contributed by atoms with van der Waals surface area (Å²) >= 11 is 0. The molecule has 1 aliphatic heterocycles. The molecule has 0 radical (unpaired) electrons. The van der Waals surface area contributed by atoms with E-state index in [-0.39, 0.29) is 11.9 Å². The van der Waals surface area contributed by atoms with Gasteiger partial charge in [0.1, 0.15) is 0 Å². The van der Waals surface area contributed by atoms with E-state index >= 15 is 0 Å². The fourth-order valence-electron chi connectivity index (χ4n) is 2.89. The van der Waals surface area contributed by atoms with Crippen LogP contribution in [0, 0.1) is 0 Å². The van der Waals surface area contributed by atoms with Crippen molar-refractivity contribution in [3.05, 3.63) is 71.8 Å². The lowest BCUT2D eigenvalue weighted by molar-refractivity contribution is -0.117. The lowest BCUT2D eigenvalue weighted by Gasteiger charge is -2.29. The van der Waals surface area contributed by atoms with E-state index in [0.29, 0.717) is 0 Å². The molecule has 0 aromatic heterocycles. The third kappa shape index (κ3) is 4.94. The Morgan fingerprint density at radius 2 is 1.88 bits per heavy atom. The number of nitrogens with one attached hydrogen (secondary N) is 1. The summed E-state index contributed by atoms with van der Waals surface area (Å²) in [4.78, 5) is 14.5. The zero-order chi connectivity index (χ0) is 17.5. The molecular formula is C21H24N2O2. The summed E-state index contributed by atoms with van der Waals surface area (Å²) in [6.45, 7) is 5.35. The number of morpholine rings is 1. The summed E-state index contributed by atoms with van der Waals surface area (Å²) in [6, 6.07) is 18.1. The zero-order valence-corrected chi connectivity index (χ0v) is 14.5. The van der Waals surface area contributed by atoms with E-state index in [0.717, 1.165) is 37.4 Å². The van der Waals surface area contributed by atoms with Crippen LogP contribution < -0.4 is 10.2 Å². The van der Waals surface area contributed by atoms with Crippen LogP contribution in [0.1, 0.15) is 24.1 Å². The Morgan fingerprint density at radius 3 is 2.64 bits per heavy atom. The predicted molar refractivity (Wildman–Crippen MR) is 102 cm³/mol. The summed E-state index contributed by atoms with van der Waals surface area (Å²) in [5.74, 6) is -0.0897. The summed E-state index contributed by atoms with van der Waals surface area (Å²) in [6.07, 6.45) is 3.41. The molecule has 1 aliphatic rings. The fraction of sp³-hybridized carbons (Fsp3) is 0.286. The molecule has 4 heteroatoms. The normalized spacial score (nSPS) is 16.0. The Bertz CT molecular complexity index is 722. The van der Waals surface area contributed by atoms with E-state index in [9.17, 15) is 4.79 Å². The molecule has 0 saturated carbocycles. The Hall–Kier alpha value is -2.59. The summed E-state index contributed by atoms with van der Waals surface area (Å²) < 4.78 is 5.41. The number of amides is 1. The van der Waals surface area contributed by atoms with Crippen molar-refractivity contribution in [2.45, 2.75) is 13.0 Å². The topological polar surface area (TPSA) is 41.6 Å². The van der Waals surface area contributed by atoms with Crippen LogP contribution in [0.25, 0.3) is 6.08 Å². The number of ether oxygens (including phenoxy) is 1. The molecule has 1 atom stereocenters. The number of hydrogen-bond donors (Lipinski definition) is 1. The number of rotatable bonds is 5. The van der Waals surface area contributed by atoms with Gasteiger partial charge in [-0.3, -0.25) is 4.79 Å². The summed E-state index contributed by atoms with van der Waals surface area (Å²) in [7, 11) is 0. The summed E-state index contributed by atoms with van der Waals surface area (Å²) in [5.41, 5.74) is 3.30. The monoisotopic (exact) mass is 336 g/mol. The van der Waals surface area contributed by atoms with Crippen molar-refractivity contribution in [3.8, 4) is 0 Å². The number of nitrogens with zero attached hydrogens (tertiary/aromatic N) is 1. The standard InChI is InChI=1S/C21H24N2O2/c1-17(22-21(24)11-10-18-6-3-2-4-7-18)19-8-5-9-20(16-19)23-12-14-25-15-13-23/h2-11,16-17H,12-15H2,1H3,(H,22,24)/b11-10+. The number of hydrogen-bond acceptors (Lipinski definition) is 3. The molecule has 0 aliphatic carbocycles. The smallest absolute Gasteiger partial charge is 0.244 e. The zero-order valence-electron chi connectivity index (χ0n) is 14.5. The lowest BCUT2D eigenvalue weighted by Crippen LogP contribution is -2.36. The highest BCUT2D eigenvalue weighted by atomic mass is 16.5. The van der Waals surface area contributed by atoms with E-state index in [1.807, 2.05) is 49.4 Å². The van der Waals surface area contributed by atoms with Crippen molar-refractivity contribution in [2.75, 3.05) is 31.2 Å². The van der Waals surface area contributed by atoms with Crippen molar-refractivity contribution >= 4 is 17.7 Å². The molecule has 0 spiro atoms. The second-order valence-electron chi connectivity index (χ2n) is 6.17. The average molecular weight is 336 g/mol. The molecule has 25 heavy (non-hydrogen) atoms. The van der Waals surface area contributed by atoms with Crippen molar-refractivity contribution in [1.82, 2.24) is 5.32 Å². The number of carbonyl (C=O) groups is 1. The van der Waals surface area contributed by atoms with Gasteiger partial charge in [0.2, 0.25) is 5.91 Å². The highest BCUT2D eigenvalue weighted by molar-refractivity contribution is 5.91. The first-order valence-electron chi connectivity index (χ1n) is 8.68. The SMILES string of the molecule is CC(NC(=O)/C=C/c1ccccc1)c1cccc(N2CCOCC2)c1. The quantitative estimate of drug-likeness (QED) is 0.851. The minimum absolute atomic E-state index is 0.0473. The Labute approximate surface area is 149 Å². The molecule has 130 valence electrons. The van der Waals surface area contributed by atoms with Crippen LogP contribution in [0.2, 0.25) is 0 Å². The minimum Gasteiger partial charge on any atom is -0.378 e. The first kappa shape index (κ1) is 17.2. The summed E-state index contributed by atoms with van der Waals surface area (Å²) in [5, 5.41) is 3.03. The van der Waals surface area contributed by atoms with Gasteiger partial charge in [-0.2, -0.15) is 0 Å². The molecule has 1 amide bonds. The molecular weight excluding hydrogens is 312 g/mol. The minimum atomic E-state index is -0.0897. The van der Waals surface area contributed by atoms with Gasteiger partial charge in [-0.15, -0.1) is 0 Å². The van der Waals surface area contributed by atoms with Gasteiger partial charge in [0.05, 0.1) is 19.3 Å². The molecule has 0 bridgehead atoms. The van der Waals surface area contributed by atoms with Crippen molar-refractivity contribution in [1.29, 1.82) is 0 Å². The third-order valence-electron chi connectivity index (χ3n) is 4.33. The molecule has 3 rings (SSSR count). The largest absolute Gasteiger partial charge is 0.378 e. The maximum absolute atomic E-state index is 12.2. The number of anilines is 1. The van der Waals surface area contributed by atoms with E-state index in [1.54, 1.807) is 6.08 Å².